The predicted molar refractivity (Wildman–Crippen MR) is 98.5 cm³/mol. The molecule has 1 aromatic rings. The first kappa shape index (κ1) is 20.0. The first-order chi connectivity index (χ1) is 13.4. The van der Waals surface area contributed by atoms with Crippen LogP contribution in [0.25, 0.3) is 0 Å². The molecule has 150 valence electrons. The fourth-order valence-corrected chi connectivity index (χ4v) is 3.54. The molecule has 0 spiro atoms. The number of hydrogen-bond acceptors (Lipinski definition) is 6. The summed E-state index contributed by atoms with van der Waals surface area (Å²) in [5, 5.41) is 0. The minimum Gasteiger partial charge on any atom is -0.469 e. The van der Waals surface area contributed by atoms with Crippen molar-refractivity contribution in [3.63, 3.8) is 0 Å². The van der Waals surface area contributed by atoms with Crippen LogP contribution in [-0.2, 0) is 19.1 Å². The summed E-state index contributed by atoms with van der Waals surface area (Å²) in [6, 6.07) is 6.50. The second-order valence-electron chi connectivity index (χ2n) is 7.10. The van der Waals surface area contributed by atoms with E-state index in [0.29, 0.717) is 24.3 Å². The van der Waals surface area contributed by atoms with Crippen molar-refractivity contribution in [1.29, 1.82) is 0 Å². The van der Waals surface area contributed by atoms with Crippen molar-refractivity contribution in [2.75, 3.05) is 33.4 Å². The molecule has 1 saturated heterocycles. The predicted octanol–water partition coefficient (Wildman–Crippen LogP) is 1.10. The number of methoxy groups -OCH3 is 1. The number of carbonyl (C=O) groups excluding carboxylic acids is 4. The molecule has 0 aliphatic carbocycles. The lowest BCUT2D eigenvalue weighted by Gasteiger charge is -2.28. The van der Waals surface area contributed by atoms with Gasteiger partial charge in [0.05, 0.1) is 30.3 Å². The van der Waals surface area contributed by atoms with Gasteiger partial charge in [-0.25, -0.2) is 0 Å². The van der Waals surface area contributed by atoms with Gasteiger partial charge in [-0.15, -0.1) is 0 Å². The normalized spacial score (nSPS) is 19.5. The second kappa shape index (κ2) is 8.52. The minimum atomic E-state index is -0.530. The molecule has 1 fully saturated rings. The summed E-state index contributed by atoms with van der Waals surface area (Å²) in [6.07, 6.45) is 1.62. The van der Waals surface area contributed by atoms with E-state index in [9.17, 15) is 19.2 Å². The molecule has 3 rings (SSSR count). The molecule has 0 N–H and O–H groups in total. The Morgan fingerprint density at radius 1 is 1.25 bits per heavy atom. The molecule has 2 aliphatic rings. The number of benzene rings is 1. The summed E-state index contributed by atoms with van der Waals surface area (Å²) in [5.74, 6) is -2.32. The molecular weight excluding hydrogens is 364 g/mol. The Morgan fingerprint density at radius 3 is 2.43 bits per heavy atom. The van der Waals surface area contributed by atoms with Crippen molar-refractivity contribution in [2.24, 2.45) is 5.92 Å². The van der Waals surface area contributed by atoms with Crippen LogP contribution < -0.4 is 0 Å². The summed E-state index contributed by atoms with van der Waals surface area (Å²) in [7, 11) is 1.30. The van der Waals surface area contributed by atoms with Crippen molar-refractivity contribution in [2.45, 2.75) is 25.9 Å². The van der Waals surface area contributed by atoms with Crippen molar-refractivity contribution < 1.29 is 28.7 Å². The van der Waals surface area contributed by atoms with E-state index < -0.39 is 29.6 Å². The van der Waals surface area contributed by atoms with Crippen LogP contribution in [0.1, 0.15) is 40.5 Å². The molecule has 2 atom stereocenters. The molecule has 2 heterocycles. The monoisotopic (exact) mass is 388 g/mol. The van der Waals surface area contributed by atoms with Gasteiger partial charge in [0.15, 0.2) is 0 Å². The lowest BCUT2D eigenvalue weighted by atomic mass is 10.1. The van der Waals surface area contributed by atoms with Gasteiger partial charge in [-0.1, -0.05) is 19.1 Å². The van der Waals surface area contributed by atoms with Crippen LogP contribution in [-0.4, -0.2) is 72.9 Å². The number of amides is 3. The van der Waals surface area contributed by atoms with Crippen molar-refractivity contribution in [3.8, 4) is 0 Å². The molecule has 28 heavy (non-hydrogen) atoms. The summed E-state index contributed by atoms with van der Waals surface area (Å²) >= 11 is 0. The van der Waals surface area contributed by atoms with Crippen LogP contribution in [0.5, 0.6) is 0 Å². The van der Waals surface area contributed by atoms with Crippen molar-refractivity contribution >= 4 is 23.7 Å². The van der Waals surface area contributed by atoms with Gasteiger partial charge in [0.2, 0.25) is 5.91 Å². The maximum atomic E-state index is 12.9. The largest absolute Gasteiger partial charge is 0.469 e. The molecule has 3 amide bonds. The number of carbonyl (C=O) groups is 4. The van der Waals surface area contributed by atoms with E-state index in [2.05, 4.69) is 0 Å². The molecule has 8 nitrogen and oxygen atoms in total. The fraction of sp³-hybridized carbons (Fsp3) is 0.500. The molecular formula is C20H24N2O6. The maximum absolute atomic E-state index is 12.9. The third-order valence-corrected chi connectivity index (χ3v) is 5.07. The molecule has 2 unspecified atom stereocenters. The van der Waals surface area contributed by atoms with Crippen LogP contribution in [0.4, 0.5) is 0 Å². The third-order valence-electron chi connectivity index (χ3n) is 5.07. The van der Waals surface area contributed by atoms with Crippen LogP contribution in [0.3, 0.4) is 0 Å². The van der Waals surface area contributed by atoms with E-state index in [1.165, 1.54) is 12.0 Å². The first-order valence-electron chi connectivity index (χ1n) is 9.34. The maximum Gasteiger partial charge on any atom is 0.310 e. The lowest BCUT2D eigenvalue weighted by Crippen LogP contribution is -2.47. The highest BCUT2D eigenvalue weighted by molar-refractivity contribution is 6.22. The van der Waals surface area contributed by atoms with E-state index in [0.717, 1.165) is 17.7 Å². The van der Waals surface area contributed by atoms with Crippen molar-refractivity contribution in [1.82, 2.24) is 9.80 Å². The number of fused-ring (bicyclic) bond motifs is 1. The van der Waals surface area contributed by atoms with Crippen LogP contribution >= 0.6 is 0 Å². The highest BCUT2D eigenvalue weighted by atomic mass is 16.5. The smallest absolute Gasteiger partial charge is 0.310 e. The van der Waals surface area contributed by atoms with Crippen LogP contribution in [0.2, 0.25) is 0 Å². The van der Waals surface area contributed by atoms with Crippen LogP contribution in [0.15, 0.2) is 24.3 Å². The first-order valence-corrected chi connectivity index (χ1v) is 9.34. The number of imide groups is 1. The quantitative estimate of drug-likeness (QED) is 0.513. The Bertz CT molecular complexity index is 752. The van der Waals surface area contributed by atoms with E-state index in [4.69, 9.17) is 9.47 Å². The van der Waals surface area contributed by atoms with Gasteiger partial charge in [0, 0.05) is 19.7 Å². The Kier molecular flexibility index (Phi) is 6.08. The summed E-state index contributed by atoms with van der Waals surface area (Å²) in [4.78, 5) is 52.2. The van der Waals surface area contributed by atoms with Gasteiger partial charge in [-0.05, 0) is 25.0 Å². The van der Waals surface area contributed by atoms with Crippen molar-refractivity contribution in [3.05, 3.63) is 35.4 Å². The molecule has 8 heteroatoms. The SMILES string of the molecule is COC(=O)C(C)CN(CC1CCCO1)C(=O)CN1C(=O)c2ccccc2C1=O. The van der Waals surface area contributed by atoms with Gasteiger partial charge in [-0.2, -0.15) is 0 Å². The molecule has 2 aliphatic heterocycles. The topological polar surface area (TPSA) is 93.2 Å². The zero-order chi connectivity index (χ0) is 20.3. The minimum absolute atomic E-state index is 0.115. The van der Waals surface area contributed by atoms with Gasteiger partial charge in [0.25, 0.3) is 11.8 Å². The number of rotatable bonds is 7. The Morgan fingerprint density at radius 2 is 1.89 bits per heavy atom. The summed E-state index contributed by atoms with van der Waals surface area (Å²) in [6.45, 7) is 2.38. The Balaban J connectivity index is 1.72. The Labute approximate surface area is 163 Å². The van der Waals surface area contributed by atoms with E-state index in [1.54, 1.807) is 31.2 Å². The zero-order valence-electron chi connectivity index (χ0n) is 16.1. The molecule has 0 radical (unpaired) electrons. The molecule has 0 saturated carbocycles. The summed E-state index contributed by atoms with van der Waals surface area (Å²) in [5.41, 5.74) is 0.600. The van der Waals surface area contributed by atoms with E-state index >= 15 is 0 Å². The average Bonchev–Trinajstić information content (AvgIpc) is 3.29. The molecule has 0 bridgehead atoms. The standard InChI is InChI=1S/C20H24N2O6/c1-13(20(26)27-2)10-21(11-14-6-5-9-28-14)17(23)12-22-18(24)15-7-3-4-8-16(15)19(22)25/h3-4,7-8,13-14H,5-6,9-12H2,1-2H3. The zero-order valence-corrected chi connectivity index (χ0v) is 16.1. The van der Waals surface area contributed by atoms with Crippen LogP contribution in [0, 0.1) is 5.92 Å². The highest BCUT2D eigenvalue weighted by Crippen LogP contribution is 2.23. The highest BCUT2D eigenvalue weighted by Gasteiger charge is 2.37. The number of esters is 1. The second-order valence-corrected chi connectivity index (χ2v) is 7.10. The fourth-order valence-electron chi connectivity index (χ4n) is 3.54. The van der Waals surface area contributed by atoms with Gasteiger partial charge >= 0.3 is 5.97 Å². The van der Waals surface area contributed by atoms with Gasteiger partial charge in [-0.3, -0.25) is 24.1 Å². The number of nitrogens with zero attached hydrogens (tertiary/aromatic N) is 2. The average molecular weight is 388 g/mol. The molecule has 1 aromatic carbocycles. The summed E-state index contributed by atoms with van der Waals surface area (Å²) < 4.78 is 10.4. The third kappa shape index (κ3) is 4.06. The lowest BCUT2D eigenvalue weighted by molar-refractivity contribution is -0.147. The van der Waals surface area contributed by atoms with Gasteiger partial charge < -0.3 is 14.4 Å². The van der Waals surface area contributed by atoms with E-state index in [1.807, 2.05) is 0 Å². The number of hydrogen-bond donors (Lipinski definition) is 0. The number of ether oxygens (including phenoxy) is 2. The molecule has 0 aromatic heterocycles. The Hall–Kier alpha value is -2.74. The van der Waals surface area contributed by atoms with E-state index in [-0.39, 0.29) is 19.2 Å². The van der Waals surface area contributed by atoms with Gasteiger partial charge in [0.1, 0.15) is 6.54 Å².